The molecule has 0 spiro atoms. The first-order valence-corrected chi connectivity index (χ1v) is 8.18. The highest BCUT2D eigenvalue weighted by Gasteiger charge is 2.33. The molecule has 2 aromatic rings. The number of nitrogens with one attached hydrogen (secondary N) is 1. The Labute approximate surface area is 151 Å². The smallest absolute Gasteiger partial charge is 0.329 e. The maximum absolute atomic E-state index is 12.4. The van der Waals surface area contributed by atoms with Gasteiger partial charge in [0.25, 0.3) is 5.91 Å². The summed E-state index contributed by atoms with van der Waals surface area (Å²) in [5, 5.41) is 12.7. The highest BCUT2D eigenvalue weighted by atomic mass is 79.9. The monoisotopic (exact) mass is 406 g/mol. The van der Waals surface area contributed by atoms with Gasteiger partial charge in [0.1, 0.15) is 11.4 Å². The van der Waals surface area contributed by atoms with Gasteiger partial charge in [-0.1, -0.05) is 29.8 Å². The number of carbonyl (C=O) groups excluding carboxylic acids is 2. The number of amides is 3. The molecular formula is C17H12BrClN2O3. The molecular weight excluding hydrogens is 396 g/mol. The van der Waals surface area contributed by atoms with Gasteiger partial charge in [0.2, 0.25) is 0 Å². The van der Waals surface area contributed by atoms with E-state index in [-0.39, 0.29) is 18.0 Å². The molecule has 2 N–H and O–H groups in total. The summed E-state index contributed by atoms with van der Waals surface area (Å²) in [5.74, 6) is -0.303. The summed E-state index contributed by atoms with van der Waals surface area (Å²) in [7, 11) is 0. The second kappa shape index (κ2) is 6.67. The molecule has 7 heteroatoms. The normalized spacial score (nSPS) is 15.9. The SMILES string of the molecule is O=C1NC(=Cc2ccc(O)c(Br)c2)C(=O)N1Cc1ccc(Cl)cc1. The van der Waals surface area contributed by atoms with E-state index in [4.69, 9.17) is 11.6 Å². The average Bonchev–Trinajstić information content (AvgIpc) is 2.80. The van der Waals surface area contributed by atoms with Gasteiger partial charge in [0, 0.05) is 5.02 Å². The highest BCUT2D eigenvalue weighted by Crippen LogP contribution is 2.26. The van der Waals surface area contributed by atoms with Crippen molar-refractivity contribution in [2.24, 2.45) is 0 Å². The van der Waals surface area contributed by atoms with Crippen molar-refractivity contribution in [2.75, 3.05) is 0 Å². The molecule has 122 valence electrons. The topological polar surface area (TPSA) is 69.6 Å². The van der Waals surface area contributed by atoms with E-state index in [9.17, 15) is 14.7 Å². The molecule has 0 saturated carbocycles. The number of carbonyl (C=O) groups is 2. The Morgan fingerprint density at radius 2 is 1.88 bits per heavy atom. The fourth-order valence-electron chi connectivity index (χ4n) is 2.27. The maximum Gasteiger partial charge on any atom is 0.329 e. The molecule has 5 nitrogen and oxygen atoms in total. The largest absolute Gasteiger partial charge is 0.507 e. The zero-order valence-electron chi connectivity index (χ0n) is 12.3. The zero-order chi connectivity index (χ0) is 17.3. The Morgan fingerprint density at radius 3 is 2.54 bits per heavy atom. The number of phenolic OH excluding ortho intramolecular Hbond substituents is 1. The number of urea groups is 1. The van der Waals surface area contributed by atoms with Crippen LogP contribution in [0.1, 0.15) is 11.1 Å². The molecule has 0 aromatic heterocycles. The van der Waals surface area contributed by atoms with Crippen molar-refractivity contribution in [3.63, 3.8) is 0 Å². The molecule has 1 heterocycles. The van der Waals surface area contributed by atoms with Gasteiger partial charge >= 0.3 is 6.03 Å². The molecule has 1 saturated heterocycles. The molecule has 1 aliphatic rings. The third-order valence-corrected chi connectivity index (χ3v) is 4.39. The van der Waals surface area contributed by atoms with Crippen LogP contribution in [0.3, 0.4) is 0 Å². The number of imide groups is 1. The van der Waals surface area contributed by atoms with E-state index >= 15 is 0 Å². The van der Waals surface area contributed by atoms with Gasteiger partial charge in [-0.25, -0.2) is 4.79 Å². The summed E-state index contributed by atoms with van der Waals surface area (Å²) in [5.41, 5.74) is 1.67. The Morgan fingerprint density at radius 1 is 1.17 bits per heavy atom. The predicted molar refractivity (Wildman–Crippen MR) is 94.3 cm³/mol. The first-order chi connectivity index (χ1) is 11.4. The van der Waals surface area contributed by atoms with E-state index in [2.05, 4.69) is 21.2 Å². The van der Waals surface area contributed by atoms with Crippen LogP contribution in [0.4, 0.5) is 4.79 Å². The summed E-state index contributed by atoms with van der Waals surface area (Å²) in [6.45, 7) is 0.165. The van der Waals surface area contributed by atoms with Gasteiger partial charge in [-0.05, 0) is 57.4 Å². The number of aromatic hydroxyl groups is 1. The first kappa shape index (κ1) is 16.5. The molecule has 0 bridgehead atoms. The van der Waals surface area contributed by atoms with Crippen LogP contribution < -0.4 is 5.32 Å². The number of nitrogens with zero attached hydrogens (tertiary/aromatic N) is 1. The lowest BCUT2D eigenvalue weighted by molar-refractivity contribution is -0.123. The molecule has 3 rings (SSSR count). The molecule has 3 amide bonds. The van der Waals surface area contributed by atoms with Crippen molar-refractivity contribution in [2.45, 2.75) is 6.54 Å². The summed E-state index contributed by atoms with van der Waals surface area (Å²) < 4.78 is 0.506. The van der Waals surface area contributed by atoms with E-state index in [1.165, 1.54) is 6.07 Å². The van der Waals surface area contributed by atoms with Crippen LogP contribution in [0.15, 0.2) is 52.6 Å². The van der Waals surface area contributed by atoms with Gasteiger partial charge in [-0.3, -0.25) is 9.69 Å². The first-order valence-electron chi connectivity index (χ1n) is 7.01. The number of halogens is 2. The second-order valence-corrected chi connectivity index (χ2v) is 6.51. The molecule has 0 unspecified atom stereocenters. The molecule has 24 heavy (non-hydrogen) atoms. The Kier molecular flexibility index (Phi) is 4.59. The zero-order valence-corrected chi connectivity index (χ0v) is 14.6. The lowest BCUT2D eigenvalue weighted by atomic mass is 10.2. The van der Waals surface area contributed by atoms with Crippen LogP contribution >= 0.6 is 27.5 Å². The Bertz CT molecular complexity index is 849. The molecule has 1 aliphatic heterocycles. The van der Waals surface area contributed by atoms with Crippen LogP contribution in [0, 0.1) is 0 Å². The fraction of sp³-hybridized carbons (Fsp3) is 0.0588. The van der Waals surface area contributed by atoms with Crippen molar-refractivity contribution in [3.05, 3.63) is 68.8 Å². The molecule has 2 aromatic carbocycles. The number of benzene rings is 2. The van der Waals surface area contributed by atoms with Crippen LogP contribution in [0.5, 0.6) is 5.75 Å². The Balaban J connectivity index is 1.81. The fourth-order valence-corrected chi connectivity index (χ4v) is 2.79. The predicted octanol–water partition coefficient (Wildman–Crippen LogP) is 3.90. The molecule has 0 radical (unpaired) electrons. The van der Waals surface area contributed by atoms with E-state index in [1.807, 2.05) is 0 Å². The minimum absolute atomic E-state index is 0.100. The lowest BCUT2D eigenvalue weighted by Crippen LogP contribution is -2.30. The standard InChI is InChI=1S/C17H12BrClN2O3/c18-13-7-11(3-6-15(13)22)8-14-16(23)21(17(24)20-14)9-10-1-4-12(19)5-2-10/h1-8,22H,9H2,(H,20,24). The summed E-state index contributed by atoms with van der Waals surface area (Å²) >= 11 is 9.04. The summed E-state index contributed by atoms with van der Waals surface area (Å²) in [6.07, 6.45) is 1.56. The van der Waals surface area contributed by atoms with E-state index < -0.39 is 11.9 Å². The number of hydrogen-bond acceptors (Lipinski definition) is 3. The molecule has 1 fully saturated rings. The van der Waals surface area contributed by atoms with Crippen molar-refractivity contribution >= 4 is 45.5 Å². The average molecular weight is 408 g/mol. The quantitative estimate of drug-likeness (QED) is 0.599. The molecule has 0 aliphatic carbocycles. The lowest BCUT2D eigenvalue weighted by Gasteiger charge is -2.11. The van der Waals surface area contributed by atoms with Crippen LogP contribution in [-0.4, -0.2) is 21.9 Å². The van der Waals surface area contributed by atoms with Gasteiger partial charge in [0.05, 0.1) is 11.0 Å². The number of phenols is 1. The van der Waals surface area contributed by atoms with Crippen molar-refractivity contribution in [3.8, 4) is 5.75 Å². The Hall–Kier alpha value is -2.31. The minimum atomic E-state index is -0.473. The van der Waals surface area contributed by atoms with Gasteiger partial charge in [0.15, 0.2) is 0 Å². The minimum Gasteiger partial charge on any atom is -0.507 e. The maximum atomic E-state index is 12.4. The van der Waals surface area contributed by atoms with Gasteiger partial charge in [-0.15, -0.1) is 0 Å². The van der Waals surface area contributed by atoms with Crippen molar-refractivity contribution in [1.82, 2.24) is 10.2 Å². The summed E-state index contributed by atoms with van der Waals surface area (Å²) in [4.78, 5) is 25.6. The van der Waals surface area contributed by atoms with Crippen LogP contribution in [-0.2, 0) is 11.3 Å². The van der Waals surface area contributed by atoms with E-state index in [1.54, 1.807) is 42.5 Å². The van der Waals surface area contributed by atoms with Crippen LogP contribution in [0.25, 0.3) is 6.08 Å². The third kappa shape index (κ3) is 3.44. The van der Waals surface area contributed by atoms with Gasteiger partial charge < -0.3 is 10.4 Å². The van der Waals surface area contributed by atoms with E-state index in [0.717, 1.165) is 10.5 Å². The highest BCUT2D eigenvalue weighted by molar-refractivity contribution is 9.10. The van der Waals surface area contributed by atoms with E-state index in [0.29, 0.717) is 15.1 Å². The second-order valence-electron chi connectivity index (χ2n) is 5.22. The molecule has 0 atom stereocenters. The third-order valence-electron chi connectivity index (χ3n) is 3.50. The summed E-state index contributed by atoms with van der Waals surface area (Å²) in [6, 6.07) is 11.3. The van der Waals surface area contributed by atoms with Gasteiger partial charge in [-0.2, -0.15) is 0 Å². The number of rotatable bonds is 3. The van der Waals surface area contributed by atoms with Crippen molar-refractivity contribution in [1.29, 1.82) is 0 Å². The number of hydrogen-bond donors (Lipinski definition) is 2. The van der Waals surface area contributed by atoms with Crippen LogP contribution in [0.2, 0.25) is 5.02 Å². The van der Waals surface area contributed by atoms with Crippen molar-refractivity contribution < 1.29 is 14.7 Å².